The first-order chi connectivity index (χ1) is 8.61. The van der Waals surface area contributed by atoms with Crippen LogP contribution in [-0.2, 0) is 6.54 Å². The highest BCUT2D eigenvalue weighted by molar-refractivity contribution is 9.09. The van der Waals surface area contributed by atoms with Crippen LogP contribution in [0.5, 0.6) is 5.75 Å². The highest BCUT2D eigenvalue weighted by Crippen LogP contribution is 2.26. The zero-order valence-electron chi connectivity index (χ0n) is 10.8. The maximum atomic E-state index is 14.0. The minimum atomic E-state index is -0.228. The third kappa shape index (κ3) is 3.04. The maximum Gasteiger partial charge on any atom is 0.169 e. The second-order valence-electron chi connectivity index (χ2n) is 4.95. The van der Waals surface area contributed by atoms with Gasteiger partial charge in [0.25, 0.3) is 0 Å². The van der Waals surface area contributed by atoms with Crippen molar-refractivity contribution in [3.05, 3.63) is 29.6 Å². The largest absolute Gasteiger partial charge is 0.494 e. The quantitative estimate of drug-likeness (QED) is 0.792. The van der Waals surface area contributed by atoms with Crippen LogP contribution in [0.3, 0.4) is 0 Å². The Kier molecular flexibility index (Phi) is 4.62. The highest BCUT2D eigenvalue weighted by Gasteiger charge is 2.24. The number of rotatable bonds is 3. The number of piperidine rings is 1. The van der Waals surface area contributed by atoms with Gasteiger partial charge in [-0.3, -0.25) is 4.90 Å². The smallest absolute Gasteiger partial charge is 0.169 e. The molecule has 1 aliphatic rings. The number of nitrogens with zero attached hydrogens (tertiary/aromatic N) is 1. The molecule has 0 aromatic heterocycles. The van der Waals surface area contributed by atoms with E-state index >= 15 is 0 Å². The van der Waals surface area contributed by atoms with Crippen LogP contribution >= 0.6 is 15.9 Å². The summed E-state index contributed by atoms with van der Waals surface area (Å²) in [7, 11) is 1.50. The van der Waals surface area contributed by atoms with E-state index in [-0.39, 0.29) is 5.82 Å². The summed E-state index contributed by atoms with van der Waals surface area (Å²) in [5.74, 6) is 0.706. The molecule has 1 fully saturated rings. The van der Waals surface area contributed by atoms with E-state index in [2.05, 4.69) is 27.8 Å². The zero-order valence-corrected chi connectivity index (χ0v) is 12.4. The average Bonchev–Trinajstić information content (AvgIpc) is 2.36. The minimum Gasteiger partial charge on any atom is -0.494 e. The molecular weight excluding hydrogens is 297 g/mol. The van der Waals surface area contributed by atoms with Gasteiger partial charge in [0.05, 0.1) is 7.11 Å². The number of alkyl halides is 1. The summed E-state index contributed by atoms with van der Waals surface area (Å²) in [6.45, 7) is 4.91. The van der Waals surface area contributed by atoms with E-state index in [1.807, 2.05) is 12.1 Å². The lowest BCUT2D eigenvalue weighted by Crippen LogP contribution is -2.39. The second kappa shape index (κ2) is 6.02. The van der Waals surface area contributed by atoms with Crippen LogP contribution in [-0.4, -0.2) is 29.9 Å². The summed E-state index contributed by atoms with van der Waals surface area (Å²) in [6.07, 6.45) is 1.12. The number of halogens is 2. The Morgan fingerprint density at radius 3 is 2.94 bits per heavy atom. The second-order valence-corrected chi connectivity index (χ2v) is 6.13. The van der Waals surface area contributed by atoms with Gasteiger partial charge >= 0.3 is 0 Å². The number of likely N-dealkylation sites (tertiary alicyclic amines) is 1. The van der Waals surface area contributed by atoms with Crippen molar-refractivity contribution in [1.82, 2.24) is 4.90 Å². The van der Waals surface area contributed by atoms with Crippen molar-refractivity contribution < 1.29 is 9.13 Å². The number of ether oxygens (including phenoxy) is 1. The average molecular weight is 316 g/mol. The van der Waals surface area contributed by atoms with Crippen molar-refractivity contribution in [2.24, 2.45) is 5.92 Å². The Balaban J connectivity index is 2.06. The Bertz CT molecular complexity index is 413. The van der Waals surface area contributed by atoms with Crippen molar-refractivity contribution >= 4 is 15.9 Å². The van der Waals surface area contributed by atoms with E-state index < -0.39 is 0 Å². The molecular formula is C14H19BrFNO. The molecule has 4 heteroatoms. The number of methoxy groups -OCH3 is 1. The van der Waals surface area contributed by atoms with Gasteiger partial charge < -0.3 is 4.74 Å². The van der Waals surface area contributed by atoms with Crippen LogP contribution in [0.15, 0.2) is 18.2 Å². The summed E-state index contributed by atoms with van der Waals surface area (Å²) >= 11 is 3.68. The summed E-state index contributed by atoms with van der Waals surface area (Å²) in [6, 6.07) is 5.34. The lowest BCUT2D eigenvalue weighted by Gasteiger charge is -2.34. The van der Waals surface area contributed by atoms with Crippen LogP contribution in [0, 0.1) is 11.7 Å². The zero-order chi connectivity index (χ0) is 13.1. The molecule has 0 bridgehead atoms. The molecule has 1 aromatic carbocycles. The summed E-state index contributed by atoms with van der Waals surface area (Å²) < 4.78 is 19.1. The van der Waals surface area contributed by atoms with Crippen molar-refractivity contribution in [3.8, 4) is 5.75 Å². The molecule has 0 saturated carbocycles. The van der Waals surface area contributed by atoms with E-state index in [4.69, 9.17) is 4.74 Å². The van der Waals surface area contributed by atoms with Crippen molar-refractivity contribution in [3.63, 3.8) is 0 Å². The van der Waals surface area contributed by atoms with Crippen LogP contribution in [0.25, 0.3) is 0 Å². The molecule has 0 aliphatic carbocycles. The van der Waals surface area contributed by atoms with Gasteiger partial charge in [0.1, 0.15) is 0 Å². The molecule has 2 nitrogen and oxygen atoms in total. The van der Waals surface area contributed by atoms with Crippen LogP contribution < -0.4 is 4.74 Å². The van der Waals surface area contributed by atoms with Gasteiger partial charge in [0.15, 0.2) is 11.6 Å². The van der Waals surface area contributed by atoms with Crippen molar-refractivity contribution in [2.75, 3.05) is 20.2 Å². The number of hydrogen-bond acceptors (Lipinski definition) is 2. The Morgan fingerprint density at radius 2 is 2.28 bits per heavy atom. The van der Waals surface area contributed by atoms with E-state index in [0.29, 0.717) is 23.0 Å². The molecule has 0 spiro atoms. The molecule has 18 heavy (non-hydrogen) atoms. The van der Waals surface area contributed by atoms with Crippen LogP contribution in [0.1, 0.15) is 18.9 Å². The van der Waals surface area contributed by atoms with Crippen molar-refractivity contribution in [2.45, 2.75) is 24.7 Å². The third-order valence-corrected chi connectivity index (χ3v) is 4.90. The fourth-order valence-electron chi connectivity index (χ4n) is 2.42. The monoisotopic (exact) mass is 315 g/mol. The minimum absolute atomic E-state index is 0.228. The Hall–Kier alpha value is -0.610. The highest BCUT2D eigenvalue weighted by atomic mass is 79.9. The van der Waals surface area contributed by atoms with Crippen LogP contribution in [0.4, 0.5) is 4.39 Å². The Labute approximate surface area is 116 Å². The van der Waals surface area contributed by atoms with Gasteiger partial charge in [0.2, 0.25) is 0 Å². The van der Waals surface area contributed by atoms with Gasteiger partial charge in [-0.2, -0.15) is 0 Å². The molecule has 0 N–H and O–H groups in total. The standard InChI is InChI=1S/C14H19BrFNO/c1-10-8-17(7-6-12(10)15)9-11-4-3-5-13(18-2)14(11)16/h3-5,10,12H,6-9H2,1-2H3. The molecule has 2 rings (SSSR count). The first-order valence-corrected chi connectivity index (χ1v) is 7.21. The molecule has 0 amide bonds. The van der Waals surface area contributed by atoms with Gasteiger partial charge in [-0.1, -0.05) is 35.0 Å². The summed E-state index contributed by atoms with van der Waals surface area (Å²) in [5, 5.41) is 0. The molecule has 2 atom stereocenters. The van der Waals surface area contributed by atoms with E-state index in [0.717, 1.165) is 25.1 Å². The SMILES string of the molecule is COc1cccc(CN2CCC(Br)C(C)C2)c1F. The normalized spacial score (nSPS) is 25.1. The molecule has 2 unspecified atom stereocenters. The van der Waals surface area contributed by atoms with Gasteiger partial charge in [0, 0.05) is 23.5 Å². The fraction of sp³-hybridized carbons (Fsp3) is 0.571. The molecule has 1 aliphatic heterocycles. The lowest BCUT2D eigenvalue weighted by molar-refractivity contribution is 0.181. The molecule has 1 aromatic rings. The molecule has 0 radical (unpaired) electrons. The lowest BCUT2D eigenvalue weighted by atomic mass is 9.99. The molecule has 1 heterocycles. The first-order valence-electron chi connectivity index (χ1n) is 6.29. The van der Waals surface area contributed by atoms with Gasteiger partial charge in [-0.15, -0.1) is 0 Å². The summed E-state index contributed by atoms with van der Waals surface area (Å²) in [4.78, 5) is 2.89. The predicted octanol–water partition coefficient (Wildman–Crippen LogP) is 3.44. The topological polar surface area (TPSA) is 12.5 Å². The van der Waals surface area contributed by atoms with Gasteiger partial charge in [-0.05, 0) is 24.9 Å². The number of benzene rings is 1. The predicted molar refractivity (Wildman–Crippen MR) is 74.7 cm³/mol. The fourth-order valence-corrected chi connectivity index (χ4v) is 2.80. The molecule has 1 saturated heterocycles. The van der Waals surface area contributed by atoms with Crippen LogP contribution in [0.2, 0.25) is 0 Å². The van der Waals surface area contributed by atoms with E-state index in [1.54, 1.807) is 6.07 Å². The summed E-state index contributed by atoms with van der Waals surface area (Å²) in [5.41, 5.74) is 0.717. The number of hydrogen-bond donors (Lipinski definition) is 0. The van der Waals surface area contributed by atoms with E-state index in [9.17, 15) is 4.39 Å². The first kappa shape index (κ1) is 13.8. The van der Waals surface area contributed by atoms with Crippen molar-refractivity contribution in [1.29, 1.82) is 0 Å². The Morgan fingerprint density at radius 1 is 1.50 bits per heavy atom. The van der Waals surface area contributed by atoms with E-state index in [1.165, 1.54) is 7.11 Å². The van der Waals surface area contributed by atoms with Gasteiger partial charge in [-0.25, -0.2) is 4.39 Å². The maximum absolute atomic E-state index is 14.0. The third-order valence-electron chi connectivity index (χ3n) is 3.54. The molecule has 100 valence electrons.